The molecule has 1 saturated carbocycles. The van der Waals surface area contributed by atoms with Gasteiger partial charge >= 0.3 is 5.97 Å². The molecule has 1 aliphatic carbocycles. The lowest BCUT2D eigenvalue weighted by molar-refractivity contribution is -0.150. The van der Waals surface area contributed by atoms with Gasteiger partial charge in [-0.05, 0) is 19.8 Å². The molecule has 0 N–H and O–H groups in total. The van der Waals surface area contributed by atoms with Gasteiger partial charge in [0.2, 0.25) is 0 Å². The zero-order valence-electron chi connectivity index (χ0n) is 11.7. The van der Waals surface area contributed by atoms with Gasteiger partial charge in [0, 0.05) is 19.7 Å². The molecule has 0 bridgehead atoms. The first-order valence-electron chi connectivity index (χ1n) is 6.75. The molecule has 2 unspecified atom stereocenters. The van der Waals surface area contributed by atoms with E-state index in [1.807, 2.05) is 0 Å². The summed E-state index contributed by atoms with van der Waals surface area (Å²) >= 11 is 0. The molecule has 1 fully saturated rings. The molecule has 6 nitrogen and oxygen atoms in total. The van der Waals surface area contributed by atoms with Crippen molar-refractivity contribution in [1.82, 2.24) is 9.78 Å². The number of ketones is 2. The van der Waals surface area contributed by atoms with Crippen molar-refractivity contribution < 1.29 is 19.1 Å². The van der Waals surface area contributed by atoms with E-state index in [1.54, 1.807) is 20.2 Å². The molecule has 1 heterocycles. The monoisotopic (exact) mass is 278 g/mol. The number of aromatic nitrogens is 2. The molecule has 108 valence electrons. The van der Waals surface area contributed by atoms with E-state index in [1.165, 1.54) is 10.9 Å². The number of hydrogen-bond acceptors (Lipinski definition) is 5. The molecular formula is C14H18N2O4. The van der Waals surface area contributed by atoms with Crippen LogP contribution in [0.15, 0.2) is 12.4 Å². The van der Waals surface area contributed by atoms with Gasteiger partial charge in [0.05, 0.1) is 30.2 Å². The van der Waals surface area contributed by atoms with Crippen molar-refractivity contribution in [3.63, 3.8) is 0 Å². The number of hydrogen-bond donors (Lipinski definition) is 0. The number of ether oxygens (including phenoxy) is 1. The van der Waals surface area contributed by atoms with Crippen LogP contribution in [-0.2, 0) is 21.4 Å². The second kappa shape index (κ2) is 5.98. The summed E-state index contributed by atoms with van der Waals surface area (Å²) in [5.41, 5.74) is 0.412. The van der Waals surface area contributed by atoms with Gasteiger partial charge in [-0.3, -0.25) is 19.1 Å². The lowest BCUT2D eigenvalue weighted by Gasteiger charge is -2.25. The zero-order chi connectivity index (χ0) is 14.7. The van der Waals surface area contributed by atoms with Gasteiger partial charge in [0.25, 0.3) is 0 Å². The van der Waals surface area contributed by atoms with Crippen LogP contribution in [0.4, 0.5) is 0 Å². The van der Waals surface area contributed by atoms with Gasteiger partial charge in [-0.15, -0.1) is 0 Å². The highest BCUT2D eigenvalue weighted by Crippen LogP contribution is 2.29. The number of aryl methyl sites for hydroxylation is 1. The van der Waals surface area contributed by atoms with Gasteiger partial charge in [0.1, 0.15) is 5.78 Å². The lowest BCUT2D eigenvalue weighted by Crippen LogP contribution is -2.34. The average molecular weight is 278 g/mol. The van der Waals surface area contributed by atoms with Crippen LogP contribution in [0.25, 0.3) is 0 Å². The largest absolute Gasteiger partial charge is 0.466 e. The molecule has 0 amide bonds. The quantitative estimate of drug-likeness (QED) is 0.469. The van der Waals surface area contributed by atoms with Crippen LogP contribution < -0.4 is 0 Å². The molecule has 0 spiro atoms. The highest BCUT2D eigenvalue weighted by atomic mass is 16.5. The fourth-order valence-electron chi connectivity index (χ4n) is 2.50. The van der Waals surface area contributed by atoms with Gasteiger partial charge in [-0.2, -0.15) is 5.10 Å². The Morgan fingerprint density at radius 3 is 2.85 bits per heavy atom. The highest BCUT2D eigenvalue weighted by Gasteiger charge is 2.38. The fraction of sp³-hybridized carbons (Fsp3) is 0.571. The Balaban J connectivity index is 2.11. The first kappa shape index (κ1) is 14.4. The number of nitrogens with zero attached hydrogens (tertiary/aromatic N) is 2. The van der Waals surface area contributed by atoms with Crippen molar-refractivity contribution in [2.45, 2.75) is 26.2 Å². The van der Waals surface area contributed by atoms with Crippen LogP contribution in [0.2, 0.25) is 0 Å². The SMILES string of the molecule is CCOC(=O)C1CCC(=O)C(C(=O)c2cnn(C)c2)C1. The predicted molar refractivity (Wildman–Crippen MR) is 70.0 cm³/mol. The molecule has 2 atom stereocenters. The van der Waals surface area contributed by atoms with Crippen LogP contribution in [0.3, 0.4) is 0 Å². The van der Waals surface area contributed by atoms with Crippen LogP contribution >= 0.6 is 0 Å². The molecule has 0 radical (unpaired) electrons. The van der Waals surface area contributed by atoms with E-state index in [9.17, 15) is 14.4 Å². The summed E-state index contributed by atoms with van der Waals surface area (Å²) in [6.45, 7) is 2.05. The Morgan fingerprint density at radius 1 is 1.50 bits per heavy atom. The fourth-order valence-corrected chi connectivity index (χ4v) is 2.50. The third-order valence-corrected chi connectivity index (χ3v) is 3.57. The topological polar surface area (TPSA) is 78.3 Å². The standard InChI is InChI=1S/C14H18N2O4/c1-3-20-14(19)9-4-5-12(17)11(6-9)13(18)10-7-15-16(2)8-10/h7-9,11H,3-6H2,1-2H3. The van der Waals surface area contributed by atoms with Gasteiger partial charge in [0.15, 0.2) is 5.78 Å². The summed E-state index contributed by atoms with van der Waals surface area (Å²) in [7, 11) is 1.71. The summed E-state index contributed by atoms with van der Waals surface area (Å²) < 4.78 is 6.49. The number of carbonyl (C=O) groups excluding carboxylic acids is 3. The molecule has 6 heteroatoms. The van der Waals surface area contributed by atoms with Crippen LogP contribution in [-0.4, -0.2) is 33.9 Å². The summed E-state index contributed by atoms with van der Waals surface area (Å²) in [5, 5.41) is 3.93. The average Bonchev–Trinajstić information content (AvgIpc) is 2.85. The van der Waals surface area contributed by atoms with E-state index in [0.717, 1.165) is 0 Å². The van der Waals surface area contributed by atoms with Crippen molar-refractivity contribution >= 4 is 17.5 Å². The van der Waals surface area contributed by atoms with Gasteiger partial charge in [-0.1, -0.05) is 0 Å². The van der Waals surface area contributed by atoms with Gasteiger partial charge < -0.3 is 4.74 Å². The molecule has 1 aromatic heterocycles. The molecule has 2 rings (SSSR count). The third-order valence-electron chi connectivity index (χ3n) is 3.57. The smallest absolute Gasteiger partial charge is 0.308 e. The lowest BCUT2D eigenvalue weighted by atomic mass is 9.77. The second-order valence-corrected chi connectivity index (χ2v) is 5.01. The van der Waals surface area contributed by atoms with Crippen molar-refractivity contribution in [3.05, 3.63) is 18.0 Å². The molecule has 0 saturated heterocycles. The second-order valence-electron chi connectivity index (χ2n) is 5.01. The Hall–Kier alpha value is -1.98. The Morgan fingerprint density at radius 2 is 2.25 bits per heavy atom. The van der Waals surface area contributed by atoms with Crippen LogP contribution in [0.5, 0.6) is 0 Å². The first-order valence-corrected chi connectivity index (χ1v) is 6.75. The summed E-state index contributed by atoms with van der Waals surface area (Å²) in [5.74, 6) is -1.78. The van der Waals surface area contributed by atoms with E-state index >= 15 is 0 Å². The predicted octanol–water partition coefficient (Wildman–Crippen LogP) is 1.15. The zero-order valence-corrected chi connectivity index (χ0v) is 11.7. The minimum atomic E-state index is -0.748. The van der Waals surface area contributed by atoms with Crippen LogP contribution in [0.1, 0.15) is 36.5 Å². The van der Waals surface area contributed by atoms with Crippen LogP contribution in [0, 0.1) is 11.8 Å². The molecule has 1 aromatic rings. The Kier molecular flexibility index (Phi) is 4.32. The first-order chi connectivity index (χ1) is 9.52. The summed E-state index contributed by atoms with van der Waals surface area (Å²) in [4.78, 5) is 36.0. The van der Waals surface area contributed by atoms with Crippen molar-refractivity contribution in [2.75, 3.05) is 6.61 Å². The van der Waals surface area contributed by atoms with E-state index in [-0.39, 0.29) is 36.3 Å². The molecule has 0 aliphatic heterocycles. The maximum Gasteiger partial charge on any atom is 0.308 e. The maximum atomic E-state index is 12.3. The minimum absolute atomic E-state index is 0.0978. The molecule has 20 heavy (non-hydrogen) atoms. The van der Waals surface area contributed by atoms with Crippen molar-refractivity contribution in [1.29, 1.82) is 0 Å². The summed E-state index contributed by atoms with van der Waals surface area (Å²) in [6, 6.07) is 0. The van der Waals surface area contributed by atoms with E-state index in [0.29, 0.717) is 18.6 Å². The molecule has 0 aromatic carbocycles. The van der Waals surface area contributed by atoms with Crippen molar-refractivity contribution in [2.24, 2.45) is 18.9 Å². The van der Waals surface area contributed by atoms with E-state index in [4.69, 9.17) is 4.74 Å². The third kappa shape index (κ3) is 2.95. The molecule has 1 aliphatic rings. The van der Waals surface area contributed by atoms with Crippen molar-refractivity contribution in [3.8, 4) is 0 Å². The number of rotatable bonds is 4. The molecular weight excluding hydrogens is 260 g/mol. The number of Topliss-reactive ketones (excluding diaryl/α,β-unsaturated/α-hetero) is 2. The number of esters is 1. The van der Waals surface area contributed by atoms with E-state index in [2.05, 4.69) is 5.10 Å². The Labute approximate surface area is 117 Å². The van der Waals surface area contributed by atoms with E-state index < -0.39 is 5.92 Å². The minimum Gasteiger partial charge on any atom is -0.466 e. The number of carbonyl (C=O) groups is 3. The normalized spacial score (nSPS) is 22.6. The van der Waals surface area contributed by atoms with Gasteiger partial charge in [-0.25, -0.2) is 0 Å². The Bertz CT molecular complexity index is 535. The maximum absolute atomic E-state index is 12.3. The summed E-state index contributed by atoms with van der Waals surface area (Å²) in [6.07, 6.45) is 3.99. The highest BCUT2D eigenvalue weighted by molar-refractivity contribution is 6.11.